The first-order valence-corrected chi connectivity index (χ1v) is 6.27. The van der Waals surface area contributed by atoms with Gasteiger partial charge >= 0.3 is 0 Å². The van der Waals surface area contributed by atoms with E-state index < -0.39 is 0 Å². The highest BCUT2D eigenvalue weighted by Crippen LogP contribution is 2.21. The van der Waals surface area contributed by atoms with Crippen LogP contribution in [0.25, 0.3) is 21.8 Å². The number of aromatic nitrogens is 2. The SMILES string of the molecule is Cc1ccc2c3ccc(C)[n+](C)c3ccc2[n+]1C. The number of pyridine rings is 2. The van der Waals surface area contributed by atoms with Gasteiger partial charge in [0.2, 0.25) is 11.0 Å². The molecule has 2 aromatic heterocycles. The highest BCUT2D eigenvalue weighted by molar-refractivity contribution is 6.02. The number of rotatable bonds is 0. The van der Waals surface area contributed by atoms with Gasteiger partial charge in [0, 0.05) is 38.1 Å². The second-order valence-electron chi connectivity index (χ2n) is 5.00. The Morgan fingerprint density at radius 2 is 1.00 bits per heavy atom. The Kier molecular flexibility index (Phi) is 2.34. The fraction of sp³-hybridized carbons (Fsp3) is 0.250. The second kappa shape index (κ2) is 3.77. The molecule has 3 aromatic rings. The molecule has 2 heterocycles. The van der Waals surface area contributed by atoms with Gasteiger partial charge in [0.05, 0.1) is 10.8 Å². The molecule has 0 saturated carbocycles. The Bertz CT molecular complexity index is 706. The molecule has 2 heteroatoms. The Morgan fingerprint density at radius 3 is 1.39 bits per heavy atom. The quantitative estimate of drug-likeness (QED) is 0.419. The van der Waals surface area contributed by atoms with Gasteiger partial charge in [-0.1, -0.05) is 0 Å². The molecule has 0 aliphatic rings. The summed E-state index contributed by atoms with van der Waals surface area (Å²) in [5, 5.41) is 2.63. The number of aryl methyl sites for hydroxylation is 4. The van der Waals surface area contributed by atoms with Crippen LogP contribution in [-0.4, -0.2) is 0 Å². The first-order chi connectivity index (χ1) is 8.59. The topological polar surface area (TPSA) is 7.76 Å². The molecule has 90 valence electrons. The summed E-state index contributed by atoms with van der Waals surface area (Å²) in [7, 11) is 4.25. The monoisotopic (exact) mass is 238 g/mol. The van der Waals surface area contributed by atoms with Crippen LogP contribution < -0.4 is 9.13 Å². The van der Waals surface area contributed by atoms with E-state index in [1.54, 1.807) is 0 Å². The summed E-state index contributed by atoms with van der Waals surface area (Å²) in [4.78, 5) is 0. The summed E-state index contributed by atoms with van der Waals surface area (Å²) in [6.07, 6.45) is 0. The summed E-state index contributed by atoms with van der Waals surface area (Å²) in [5.74, 6) is 0. The molecule has 0 aliphatic heterocycles. The molecule has 0 spiro atoms. The van der Waals surface area contributed by atoms with E-state index in [0.29, 0.717) is 0 Å². The summed E-state index contributed by atoms with van der Waals surface area (Å²) in [6, 6.07) is 13.2. The maximum absolute atomic E-state index is 2.24. The third-order valence-corrected chi connectivity index (χ3v) is 4.00. The van der Waals surface area contributed by atoms with E-state index in [2.05, 4.69) is 73.5 Å². The van der Waals surface area contributed by atoms with Gasteiger partial charge in [-0.3, -0.25) is 0 Å². The molecule has 0 atom stereocenters. The third-order valence-electron chi connectivity index (χ3n) is 4.00. The van der Waals surface area contributed by atoms with Crippen molar-refractivity contribution in [1.29, 1.82) is 0 Å². The van der Waals surface area contributed by atoms with Crippen molar-refractivity contribution in [1.82, 2.24) is 0 Å². The van der Waals surface area contributed by atoms with Crippen LogP contribution >= 0.6 is 0 Å². The van der Waals surface area contributed by atoms with Crippen molar-refractivity contribution in [3.63, 3.8) is 0 Å². The molecule has 0 radical (unpaired) electrons. The van der Waals surface area contributed by atoms with Gasteiger partial charge in [-0.05, 0) is 12.1 Å². The molecule has 0 unspecified atom stereocenters. The van der Waals surface area contributed by atoms with Crippen molar-refractivity contribution in [2.75, 3.05) is 0 Å². The zero-order chi connectivity index (χ0) is 12.9. The number of hydrogen-bond donors (Lipinski definition) is 0. The standard InChI is InChI=1S/C16H18N2/c1-11-5-7-13-14-8-6-12(2)18(4)16(14)10-9-15(13)17(11)3/h5-10H,1-4H3/q+2. The molecule has 18 heavy (non-hydrogen) atoms. The van der Waals surface area contributed by atoms with Gasteiger partial charge in [0.15, 0.2) is 11.4 Å². The molecule has 0 fully saturated rings. The zero-order valence-corrected chi connectivity index (χ0v) is 11.4. The fourth-order valence-electron chi connectivity index (χ4n) is 2.56. The van der Waals surface area contributed by atoms with Crippen LogP contribution in [0.15, 0.2) is 36.4 Å². The van der Waals surface area contributed by atoms with E-state index in [9.17, 15) is 0 Å². The molecule has 2 nitrogen and oxygen atoms in total. The van der Waals surface area contributed by atoms with Gasteiger partial charge < -0.3 is 0 Å². The first kappa shape index (κ1) is 11.1. The summed E-state index contributed by atoms with van der Waals surface area (Å²) in [6.45, 7) is 4.28. The van der Waals surface area contributed by atoms with Crippen LogP contribution in [0.2, 0.25) is 0 Å². The minimum absolute atomic E-state index is 1.28. The lowest BCUT2D eigenvalue weighted by Gasteiger charge is -2.04. The minimum Gasteiger partial charge on any atom is -0.199 e. The Morgan fingerprint density at radius 1 is 0.611 bits per heavy atom. The van der Waals surface area contributed by atoms with E-state index in [-0.39, 0.29) is 0 Å². The summed E-state index contributed by atoms with van der Waals surface area (Å²) >= 11 is 0. The first-order valence-electron chi connectivity index (χ1n) is 6.27. The summed E-state index contributed by atoms with van der Waals surface area (Å²) < 4.78 is 4.49. The van der Waals surface area contributed by atoms with Gasteiger partial charge in [0.1, 0.15) is 14.1 Å². The van der Waals surface area contributed by atoms with Crippen molar-refractivity contribution >= 4 is 21.8 Å². The van der Waals surface area contributed by atoms with Gasteiger partial charge in [-0.15, -0.1) is 0 Å². The van der Waals surface area contributed by atoms with Crippen molar-refractivity contribution in [3.05, 3.63) is 47.8 Å². The van der Waals surface area contributed by atoms with E-state index in [1.807, 2.05) is 0 Å². The molecule has 1 aromatic carbocycles. The van der Waals surface area contributed by atoms with Gasteiger partial charge in [0.25, 0.3) is 0 Å². The van der Waals surface area contributed by atoms with Gasteiger partial charge in [-0.25, -0.2) is 0 Å². The lowest BCUT2D eigenvalue weighted by Crippen LogP contribution is -2.34. The van der Waals surface area contributed by atoms with Crippen molar-refractivity contribution in [3.8, 4) is 0 Å². The van der Waals surface area contributed by atoms with Crippen LogP contribution in [-0.2, 0) is 14.1 Å². The molecule has 0 N–H and O–H groups in total. The number of fused-ring (bicyclic) bond motifs is 3. The molecule has 0 bridgehead atoms. The Hall–Kier alpha value is -1.96. The zero-order valence-electron chi connectivity index (χ0n) is 11.4. The largest absolute Gasteiger partial charge is 0.213 e. The van der Waals surface area contributed by atoms with E-state index in [4.69, 9.17) is 0 Å². The Labute approximate surface area is 107 Å². The summed E-state index contributed by atoms with van der Waals surface area (Å²) in [5.41, 5.74) is 5.12. The highest BCUT2D eigenvalue weighted by Gasteiger charge is 2.15. The molecule has 0 aliphatic carbocycles. The predicted molar refractivity (Wildman–Crippen MR) is 73.3 cm³/mol. The van der Waals surface area contributed by atoms with Crippen molar-refractivity contribution in [2.45, 2.75) is 13.8 Å². The number of hydrogen-bond acceptors (Lipinski definition) is 0. The van der Waals surface area contributed by atoms with Gasteiger partial charge in [-0.2, -0.15) is 9.13 Å². The average molecular weight is 238 g/mol. The molecule has 3 rings (SSSR count). The van der Waals surface area contributed by atoms with Crippen LogP contribution in [0, 0.1) is 13.8 Å². The molecular weight excluding hydrogens is 220 g/mol. The second-order valence-corrected chi connectivity index (χ2v) is 5.00. The van der Waals surface area contributed by atoms with Crippen molar-refractivity contribution in [2.24, 2.45) is 14.1 Å². The fourth-order valence-corrected chi connectivity index (χ4v) is 2.56. The highest BCUT2D eigenvalue weighted by atomic mass is 14.9. The third kappa shape index (κ3) is 1.42. The lowest BCUT2D eigenvalue weighted by atomic mass is 10.1. The van der Waals surface area contributed by atoms with Crippen LogP contribution in [0.3, 0.4) is 0 Å². The number of benzene rings is 1. The maximum atomic E-state index is 2.24. The molecular formula is C16H18N2+2. The van der Waals surface area contributed by atoms with E-state index >= 15 is 0 Å². The molecule has 0 amide bonds. The van der Waals surface area contributed by atoms with Crippen LogP contribution in [0.4, 0.5) is 0 Å². The van der Waals surface area contributed by atoms with Crippen LogP contribution in [0.1, 0.15) is 11.4 Å². The normalized spacial score (nSPS) is 11.3. The predicted octanol–water partition coefficient (Wildman–Crippen LogP) is 2.26. The Balaban J connectivity index is 2.56. The van der Waals surface area contributed by atoms with Crippen molar-refractivity contribution < 1.29 is 9.13 Å². The smallest absolute Gasteiger partial charge is 0.199 e. The number of nitrogens with zero attached hydrogens (tertiary/aromatic N) is 2. The van der Waals surface area contributed by atoms with Crippen LogP contribution in [0.5, 0.6) is 0 Å². The molecule has 0 saturated heterocycles. The van der Waals surface area contributed by atoms with E-state index in [0.717, 1.165) is 0 Å². The maximum Gasteiger partial charge on any atom is 0.213 e. The average Bonchev–Trinajstić information content (AvgIpc) is 2.38. The van der Waals surface area contributed by atoms with E-state index in [1.165, 1.54) is 33.2 Å². The lowest BCUT2D eigenvalue weighted by molar-refractivity contribution is -0.653. The minimum atomic E-state index is 1.28.